The molecule has 2 aromatic carbocycles. The second-order valence-corrected chi connectivity index (χ2v) is 11.6. The average molecular weight is 554 g/mol. The van der Waals surface area contributed by atoms with Crippen LogP contribution < -0.4 is 15.8 Å². The fourth-order valence-electron chi connectivity index (χ4n) is 6.14. The second kappa shape index (κ2) is 10.4. The van der Waals surface area contributed by atoms with Crippen molar-refractivity contribution in [2.24, 2.45) is 5.92 Å². The van der Waals surface area contributed by atoms with Gasteiger partial charge in [0.2, 0.25) is 5.91 Å². The molecule has 1 aliphatic carbocycles. The molecule has 2 aliphatic heterocycles. The lowest BCUT2D eigenvalue weighted by molar-refractivity contribution is -0.137. The van der Waals surface area contributed by atoms with Crippen molar-refractivity contribution in [3.63, 3.8) is 0 Å². The van der Waals surface area contributed by atoms with Crippen LogP contribution in [-0.2, 0) is 11.3 Å². The first-order valence-corrected chi connectivity index (χ1v) is 14.6. The Bertz CT molecular complexity index is 1630. The Morgan fingerprint density at radius 3 is 2.51 bits per heavy atom. The number of anilines is 1. The van der Waals surface area contributed by atoms with Crippen LogP contribution in [0.25, 0.3) is 27.8 Å². The zero-order chi connectivity index (χ0) is 28.0. The number of benzene rings is 2. The van der Waals surface area contributed by atoms with E-state index in [4.69, 9.17) is 0 Å². The normalized spacial score (nSPS) is 19.0. The van der Waals surface area contributed by atoms with E-state index >= 15 is 0 Å². The fraction of sp³-hybridized carbons (Fsp3) is 0.419. The number of piperazine rings is 1. The zero-order valence-corrected chi connectivity index (χ0v) is 23.1. The molecule has 0 unspecified atom stereocenters. The third-order valence-electron chi connectivity index (χ3n) is 8.72. The molecule has 1 amide bonds. The number of hydrogen-bond acceptors (Lipinski definition) is 7. The monoisotopic (exact) mass is 553 g/mol. The second-order valence-electron chi connectivity index (χ2n) is 11.6. The summed E-state index contributed by atoms with van der Waals surface area (Å²) in [6.07, 6.45) is 5.91. The van der Waals surface area contributed by atoms with Crippen LogP contribution in [0.15, 0.2) is 65.8 Å². The molecule has 0 bridgehead atoms. The van der Waals surface area contributed by atoms with Crippen molar-refractivity contribution >= 4 is 22.6 Å². The molecule has 4 aromatic rings. The molecule has 10 heteroatoms. The van der Waals surface area contributed by atoms with Crippen molar-refractivity contribution in [1.82, 2.24) is 29.5 Å². The highest BCUT2D eigenvalue weighted by atomic mass is 16.3. The van der Waals surface area contributed by atoms with Gasteiger partial charge < -0.3 is 20.2 Å². The van der Waals surface area contributed by atoms with Crippen LogP contribution in [0, 0.1) is 5.92 Å². The van der Waals surface area contributed by atoms with Gasteiger partial charge in [-0.3, -0.25) is 14.2 Å². The molecule has 3 fully saturated rings. The van der Waals surface area contributed by atoms with Crippen molar-refractivity contribution < 1.29 is 9.90 Å². The van der Waals surface area contributed by atoms with Gasteiger partial charge in [-0.2, -0.15) is 5.10 Å². The summed E-state index contributed by atoms with van der Waals surface area (Å²) in [5, 5.41) is 19.7. The van der Waals surface area contributed by atoms with Gasteiger partial charge in [-0.25, -0.2) is 9.67 Å². The van der Waals surface area contributed by atoms with Crippen LogP contribution in [0.1, 0.15) is 25.7 Å². The molecular weight excluding hydrogens is 518 g/mol. The van der Waals surface area contributed by atoms with E-state index in [9.17, 15) is 14.7 Å². The van der Waals surface area contributed by atoms with Gasteiger partial charge >= 0.3 is 0 Å². The maximum absolute atomic E-state index is 13.5. The number of aromatic nitrogens is 4. The predicted octanol–water partition coefficient (Wildman–Crippen LogP) is 2.42. The Labute approximate surface area is 238 Å². The molecule has 1 saturated carbocycles. The number of hydrogen-bond donors (Lipinski definition) is 2. The van der Waals surface area contributed by atoms with E-state index in [2.05, 4.69) is 44.6 Å². The topological polar surface area (TPSA) is 109 Å². The largest absolute Gasteiger partial charge is 0.388 e. The Morgan fingerprint density at radius 1 is 1.02 bits per heavy atom. The maximum Gasteiger partial charge on any atom is 0.264 e. The number of likely N-dealkylation sites (tertiary alicyclic amines) is 1. The van der Waals surface area contributed by atoms with Gasteiger partial charge in [0, 0.05) is 56.4 Å². The van der Waals surface area contributed by atoms with E-state index in [1.807, 2.05) is 29.2 Å². The summed E-state index contributed by atoms with van der Waals surface area (Å²) in [6, 6.07) is 16.6. The Balaban J connectivity index is 1.17. The molecular formula is C31H35N7O3. The summed E-state index contributed by atoms with van der Waals surface area (Å²) in [4.78, 5) is 34.8. The van der Waals surface area contributed by atoms with E-state index < -0.39 is 5.60 Å². The summed E-state index contributed by atoms with van der Waals surface area (Å²) < 4.78 is 3.20. The molecule has 0 atom stereocenters. The van der Waals surface area contributed by atoms with E-state index in [0.29, 0.717) is 37.0 Å². The van der Waals surface area contributed by atoms with E-state index in [1.54, 1.807) is 10.9 Å². The third kappa shape index (κ3) is 5.02. The Hall–Kier alpha value is -4.02. The van der Waals surface area contributed by atoms with Crippen molar-refractivity contribution in [2.75, 3.05) is 44.2 Å². The van der Waals surface area contributed by atoms with Crippen molar-refractivity contribution in [3.05, 3.63) is 71.4 Å². The first-order chi connectivity index (χ1) is 20.0. The minimum absolute atomic E-state index is 0.143. The number of nitrogens with zero attached hydrogens (tertiary/aromatic N) is 6. The van der Waals surface area contributed by atoms with Crippen LogP contribution in [-0.4, -0.2) is 80.1 Å². The summed E-state index contributed by atoms with van der Waals surface area (Å²) in [5.74, 6) is 0.381. The number of carbonyl (C=O) groups excluding carboxylic acids is 1. The summed E-state index contributed by atoms with van der Waals surface area (Å²) in [6.45, 7) is 4.83. The number of aliphatic hydroxyl groups is 1. The zero-order valence-electron chi connectivity index (χ0n) is 23.1. The molecule has 2 N–H and O–H groups in total. The fourth-order valence-corrected chi connectivity index (χ4v) is 6.14. The first kappa shape index (κ1) is 25.9. The summed E-state index contributed by atoms with van der Waals surface area (Å²) in [5.41, 5.74) is 3.48. The molecule has 2 aromatic heterocycles. The van der Waals surface area contributed by atoms with Crippen LogP contribution in [0.2, 0.25) is 0 Å². The first-order valence-electron chi connectivity index (χ1n) is 14.6. The summed E-state index contributed by atoms with van der Waals surface area (Å²) >= 11 is 0. The number of rotatable bonds is 6. The maximum atomic E-state index is 13.5. The smallest absolute Gasteiger partial charge is 0.264 e. The molecule has 3 aliphatic rings. The number of fused-ring (bicyclic) bond motifs is 1. The molecule has 0 radical (unpaired) electrons. The minimum Gasteiger partial charge on any atom is -0.388 e. The quantitative estimate of drug-likeness (QED) is 0.378. The van der Waals surface area contributed by atoms with Gasteiger partial charge in [0.1, 0.15) is 11.7 Å². The van der Waals surface area contributed by atoms with Crippen LogP contribution >= 0.6 is 0 Å². The lowest BCUT2D eigenvalue weighted by Crippen LogP contribution is -2.50. The number of amides is 1. The Kier molecular flexibility index (Phi) is 6.59. The molecule has 4 heterocycles. The lowest BCUT2D eigenvalue weighted by atomic mass is 9.91. The number of piperidine rings is 1. The molecule has 10 nitrogen and oxygen atoms in total. The van der Waals surface area contributed by atoms with E-state index in [0.717, 1.165) is 61.5 Å². The van der Waals surface area contributed by atoms with Gasteiger partial charge in [-0.1, -0.05) is 36.4 Å². The highest BCUT2D eigenvalue weighted by Gasteiger charge is 2.39. The molecule has 2 saturated heterocycles. The van der Waals surface area contributed by atoms with Crippen molar-refractivity contribution in [3.8, 4) is 16.8 Å². The van der Waals surface area contributed by atoms with E-state index in [-0.39, 0.29) is 23.9 Å². The summed E-state index contributed by atoms with van der Waals surface area (Å²) in [7, 11) is 0. The van der Waals surface area contributed by atoms with E-state index in [1.165, 1.54) is 10.9 Å². The average Bonchev–Trinajstić information content (AvgIpc) is 3.78. The van der Waals surface area contributed by atoms with Crippen LogP contribution in [0.4, 0.5) is 5.69 Å². The molecule has 212 valence electrons. The van der Waals surface area contributed by atoms with Crippen LogP contribution in [0.3, 0.4) is 0 Å². The Morgan fingerprint density at radius 2 is 1.78 bits per heavy atom. The van der Waals surface area contributed by atoms with Gasteiger partial charge in [0.15, 0.2) is 5.65 Å². The standard InChI is InChI=1S/C31H35N7O3/c39-29(23-6-7-23)36-14-10-31(41,11-15-36)20-37-21-33-28-26(30(37)40)19-34-38(28)24-8-9-25(22-4-2-1-3-5-22)27(18-24)35-16-12-32-13-17-35/h1-5,8-9,18-19,21,23,32,41H,6-7,10-17,20H2. The van der Waals surface area contributed by atoms with Crippen molar-refractivity contribution in [1.29, 1.82) is 0 Å². The van der Waals surface area contributed by atoms with Crippen LogP contribution in [0.5, 0.6) is 0 Å². The van der Waals surface area contributed by atoms with Crippen molar-refractivity contribution in [2.45, 2.75) is 37.8 Å². The molecule has 41 heavy (non-hydrogen) atoms. The third-order valence-corrected chi connectivity index (χ3v) is 8.72. The van der Waals surface area contributed by atoms with Gasteiger partial charge in [0.25, 0.3) is 5.56 Å². The van der Waals surface area contributed by atoms with Gasteiger partial charge in [-0.05, 0) is 43.4 Å². The minimum atomic E-state index is -1.05. The SMILES string of the molecule is O=C(C1CC1)N1CCC(O)(Cn2cnc3c(cnn3-c3ccc(-c4ccccc4)c(N4CCNCC4)c3)c2=O)CC1. The number of carbonyl (C=O) groups is 1. The highest BCUT2D eigenvalue weighted by Crippen LogP contribution is 2.35. The molecule has 0 spiro atoms. The number of nitrogens with one attached hydrogen (secondary N) is 1. The van der Waals surface area contributed by atoms with Gasteiger partial charge in [-0.15, -0.1) is 0 Å². The molecule has 7 rings (SSSR count). The predicted molar refractivity (Wildman–Crippen MR) is 157 cm³/mol. The lowest BCUT2D eigenvalue weighted by Gasteiger charge is -2.38. The highest BCUT2D eigenvalue weighted by molar-refractivity contribution is 5.82. The van der Waals surface area contributed by atoms with Gasteiger partial charge in [0.05, 0.1) is 24.0 Å².